The number of amides is 2. The fourth-order valence-electron chi connectivity index (χ4n) is 3.21. The zero-order valence-electron chi connectivity index (χ0n) is 16.7. The molecule has 1 saturated heterocycles. The summed E-state index contributed by atoms with van der Waals surface area (Å²) in [5, 5.41) is 5.48. The molecule has 0 unspecified atom stereocenters. The second kappa shape index (κ2) is 9.73. The topological polar surface area (TPSA) is 105 Å². The van der Waals surface area contributed by atoms with Crippen LogP contribution in [0.25, 0.3) is 0 Å². The largest absolute Gasteiger partial charge is 0.376 e. The lowest BCUT2D eigenvalue weighted by Crippen LogP contribution is -2.38. The normalized spacial score (nSPS) is 16.1. The molecule has 1 atom stereocenters. The van der Waals surface area contributed by atoms with Crippen LogP contribution in [0.3, 0.4) is 0 Å². The molecule has 1 aliphatic heterocycles. The Hall–Kier alpha value is -2.91. The number of ether oxygens (including phenoxy) is 1. The van der Waals surface area contributed by atoms with Gasteiger partial charge in [0.05, 0.1) is 29.3 Å². The fraction of sp³-hybridized carbons (Fsp3) is 0.333. The number of benzene rings is 2. The van der Waals surface area contributed by atoms with Gasteiger partial charge in [-0.25, -0.2) is 8.42 Å². The van der Waals surface area contributed by atoms with Crippen LogP contribution < -0.4 is 14.9 Å². The molecule has 2 amide bonds. The monoisotopic (exact) mass is 431 g/mol. The third-order valence-electron chi connectivity index (χ3n) is 4.69. The highest BCUT2D eigenvalue weighted by Crippen LogP contribution is 2.19. The first-order valence-electron chi connectivity index (χ1n) is 9.66. The van der Waals surface area contributed by atoms with Crippen LogP contribution in [0.4, 0.5) is 11.4 Å². The maximum absolute atomic E-state index is 12.6. The van der Waals surface area contributed by atoms with E-state index < -0.39 is 22.5 Å². The summed E-state index contributed by atoms with van der Waals surface area (Å²) >= 11 is 0. The number of carbonyl (C=O) groups is 2. The van der Waals surface area contributed by atoms with Crippen molar-refractivity contribution in [1.29, 1.82) is 0 Å². The van der Waals surface area contributed by atoms with E-state index >= 15 is 0 Å². The molecule has 0 aliphatic carbocycles. The first kappa shape index (κ1) is 21.8. The lowest BCUT2D eigenvalue weighted by Gasteiger charge is -2.22. The first-order valence-corrected chi connectivity index (χ1v) is 11.5. The molecule has 9 heteroatoms. The summed E-state index contributed by atoms with van der Waals surface area (Å²) in [6.45, 7) is 0.692. The Morgan fingerprint density at radius 2 is 1.80 bits per heavy atom. The van der Waals surface area contributed by atoms with E-state index in [0.717, 1.165) is 23.4 Å². The van der Waals surface area contributed by atoms with E-state index in [1.165, 1.54) is 0 Å². The van der Waals surface area contributed by atoms with Crippen LogP contribution in [0.1, 0.15) is 23.2 Å². The van der Waals surface area contributed by atoms with E-state index in [1.807, 2.05) is 0 Å². The second-order valence-corrected chi connectivity index (χ2v) is 8.95. The highest BCUT2D eigenvalue weighted by Gasteiger charge is 2.22. The minimum Gasteiger partial charge on any atom is -0.376 e. The van der Waals surface area contributed by atoms with Gasteiger partial charge in [-0.2, -0.15) is 0 Å². The molecule has 3 rings (SSSR count). The summed E-state index contributed by atoms with van der Waals surface area (Å²) in [5.41, 5.74) is 1.00. The van der Waals surface area contributed by atoms with Gasteiger partial charge >= 0.3 is 0 Å². The van der Waals surface area contributed by atoms with Crippen molar-refractivity contribution in [2.45, 2.75) is 18.9 Å². The maximum atomic E-state index is 12.6. The minimum atomic E-state index is -3.67. The van der Waals surface area contributed by atoms with Gasteiger partial charge in [0.15, 0.2) is 0 Å². The number of sulfonamides is 1. The number of para-hydroxylation sites is 2. The van der Waals surface area contributed by atoms with Crippen LogP contribution >= 0.6 is 0 Å². The number of nitrogens with zero attached hydrogens (tertiary/aromatic N) is 1. The van der Waals surface area contributed by atoms with Crippen LogP contribution in [0, 0.1) is 0 Å². The molecule has 0 radical (unpaired) electrons. The van der Waals surface area contributed by atoms with E-state index in [9.17, 15) is 18.0 Å². The Bertz CT molecular complexity index is 989. The van der Waals surface area contributed by atoms with E-state index in [1.54, 1.807) is 54.6 Å². The van der Waals surface area contributed by atoms with Crippen LogP contribution in [-0.2, 0) is 19.6 Å². The van der Waals surface area contributed by atoms with Crippen LogP contribution in [0.5, 0.6) is 0 Å². The van der Waals surface area contributed by atoms with Crippen LogP contribution in [0.15, 0.2) is 54.6 Å². The van der Waals surface area contributed by atoms with Crippen LogP contribution in [-0.4, -0.2) is 52.3 Å². The Morgan fingerprint density at radius 3 is 2.47 bits per heavy atom. The molecule has 1 heterocycles. The summed E-state index contributed by atoms with van der Waals surface area (Å²) in [5.74, 6) is -0.881. The van der Waals surface area contributed by atoms with E-state index in [4.69, 9.17) is 4.74 Å². The Labute approximate surface area is 176 Å². The third-order valence-corrected chi connectivity index (χ3v) is 5.83. The van der Waals surface area contributed by atoms with E-state index in [2.05, 4.69) is 10.6 Å². The highest BCUT2D eigenvalue weighted by molar-refractivity contribution is 7.92. The lowest BCUT2D eigenvalue weighted by atomic mass is 10.1. The number of anilines is 2. The van der Waals surface area contributed by atoms with Crippen molar-refractivity contribution in [2.75, 3.05) is 35.6 Å². The van der Waals surface area contributed by atoms with Gasteiger partial charge < -0.3 is 15.4 Å². The highest BCUT2D eigenvalue weighted by atomic mass is 32.2. The standard InChI is InChI=1S/C21H25N3O5S/c1-30(27,28)24(16-8-3-2-4-9-16)15-20(25)23-19-12-6-5-11-18(19)21(26)22-14-17-10-7-13-29-17/h2-6,8-9,11-12,17H,7,10,13-15H2,1H3,(H,22,26)(H,23,25)/t17-/m1/s1. The van der Waals surface area contributed by atoms with Crippen molar-refractivity contribution in [3.63, 3.8) is 0 Å². The van der Waals surface area contributed by atoms with Gasteiger partial charge in [-0.15, -0.1) is 0 Å². The summed E-state index contributed by atoms with van der Waals surface area (Å²) in [6, 6.07) is 15.0. The molecule has 8 nitrogen and oxygen atoms in total. The van der Waals surface area contributed by atoms with Crippen molar-refractivity contribution < 1.29 is 22.7 Å². The summed E-state index contributed by atoms with van der Waals surface area (Å²) in [7, 11) is -3.67. The molecule has 2 aromatic rings. The zero-order chi connectivity index (χ0) is 21.6. The van der Waals surface area contributed by atoms with Gasteiger partial charge in [0.1, 0.15) is 6.54 Å². The number of nitrogens with one attached hydrogen (secondary N) is 2. The van der Waals surface area contributed by atoms with Gasteiger partial charge in [0.2, 0.25) is 15.9 Å². The average Bonchev–Trinajstić information content (AvgIpc) is 3.24. The Morgan fingerprint density at radius 1 is 1.10 bits per heavy atom. The Kier molecular flexibility index (Phi) is 7.07. The second-order valence-electron chi connectivity index (χ2n) is 7.04. The van der Waals surface area contributed by atoms with Crippen molar-refractivity contribution in [3.8, 4) is 0 Å². The van der Waals surface area contributed by atoms with Gasteiger partial charge in [-0.1, -0.05) is 30.3 Å². The quantitative estimate of drug-likeness (QED) is 0.665. The van der Waals surface area contributed by atoms with Gasteiger partial charge in [-0.05, 0) is 37.1 Å². The predicted molar refractivity (Wildman–Crippen MR) is 115 cm³/mol. The fourth-order valence-corrected chi connectivity index (χ4v) is 4.07. The molecule has 2 aromatic carbocycles. The number of hydrogen-bond donors (Lipinski definition) is 2. The van der Waals surface area contributed by atoms with Gasteiger partial charge in [0.25, 0.3) is 5.91 Å². The van der Waals surface area contributed by atoms with Crippen molar-refractivity contribution in [2.24, 2.45) is 0 Å². The number of carbonyl (C=O) groups excluding carboxylic acids is 2. The smallest absolute Gasteiger partial charge is 0.253 e. The maximum Gasteiger partial charge on any atom is 0.253 e. The molecule has 1 aliphatic rings. The molecular weight excluding hydrogens is 406 g/mol. The third kappa shape index (κ3) is 5.80. The molecule has 2 N–H and O–H groups in total. The SMILES string of the molecule is CS(=O)(=O)N(CC(=O)Nc1ccccc1C(=O)NC[C@H]1CCCO1)c1ccccc1. The molecule has 1 fully saturated rings. The van der Waals surface area contributed by atoms with Gasteiger partial charge in [-0.3, -0.25) is 13.9 Å². The predicted octanol–water partition coefficient (Wildman–Crippen LogP) is 2.00. The van der Waals surface area contributed by atoms with Gasteiger partial charge in [0, 0.05) is 13.2 Å². The molecule has 160 valence electrons. The summed E-state index contributed by atoms with van der Waals surface area (Å²) in [4.78, 5) is 25.2. The summed E-state index contributed by atoms with van der Waals surface area (Å²) in [6.07, 6.45) is 2.93. The number of hydrogen-bond acceptors (Lipinski definition) is 5. The average molecular weight is 432 g/mol. The van der Waals surface area contributed by atoms with Crippen LogP contribution in [0.2, 0.25) is 0 Å². The Balaban J connectivity index is 1.69. The molecule has 0 spiro atoms. The van der Waals surface area contributed by atoms with E-state index in [-0.39, 0.29) is 12.0 Å². The number of rotatable bonds is 8. The zero-order valence-corrected chi connectivity index (χ0v) is 17.5. The molecule has 30 heavy (non-hydrogen) atoms. The first-order chi connectivity index (χ1) is 14.3. The van der Waals surface area contributed by atoms with Crippen molar-refractivity contribution in [3.05, 3.63) is 60.2 Å². The summed E-state index contributed by atoms with van der Waals surface area (Å²) < 4.78 is 30.9. The van der Waals surface area contributed by atoms with Crippen molar-refractivity contribution in [1.82, 2.24) is 5.32 Å². The van der Waals surface area contributed by atoms with E-state index in [0.29, 0.717) is 30.1 Å². The van der Waals surface area contributed by atoms with Crippen molar-refractivity contribution >= 4 is 33.2 Å². The molecule has 0 saturated carbocycles. The lowest BCUT2D eigenvalue weighted by molar-refractivity contribution is -0.114. The molecule has 0 aromatic heterocycles. The molecule has 0 bridgehead atoms. The molecular formula is C21H25N3O5S. The minimum absolute atomic E-state index is 0.00453.